The Balaban J connectivity index is 4.04. The summed E-state index contributed by atoms with van der Waals surface area (Å²) in [7, 11) is 1.47. The summed E-state index contributed by atoms with van der Waals surface area (Å²) in [6.07, 6.45) is 6.00. The molecule has 0 saturated heterocycles. The van der Waals surface area contributed by atoms with E-state index in [0.29, 0.717) is 5.76 Å². The zero-order valence-corrected chi connectivity index (χ0v) is 5.69. The number of rotatable bonds is 3. The Labute approximate surface area is 59.6 Å². The van der Waals surface area contributed by atoms with Gasteiger partial charge < -0.3 is 14.9 Å². The SMILES string of the molecule is COC(/C=C/O)=C/C=C/O. The van der Waals surface area contributed by atoms with Gasteiger partial charge in [-0.25, -0.2) is 0 Å². The largest absolute Gasteiger partial charge is 0.516 e. The van der Waals surface area contributed by atoms with Crippen molar-refractivity contribution in [2.45, 2.75) is 0 Å². The summed E-state index contributed by atoms with van der Waals surface area (Å²) < 4.78 is 4.74. The maximum absolute atomic E-state index is 8.28. The van der Waals surface area contributed by atoms with Crippen molar-refractivity contribution >= 4 is 0 Å². The van der Waals surface area contributed by atoms with Gasteiger partial charge in [-0.3, -0.25) is 0 Å². The summed E-state index contributed by atoms with van der Waals surface area (Å²) in [6, 6.07) is 0. The fraction of sp³-hybridized carbons (Fsp3) is 0.143. The van der Waals surface area contributed by atoms with Gasteiger partial charge >= 0.3 is 0 Å². The first-order chi connectivity index (χ1) is 4.85. The number of hydrogen-bond donors (Lipinski definition) is 2. The molecule has 0 aromatic carbocycles. The van der Waals surface area contributed by atoms with Crippen LogP contribution in [-0.2, 0) is 4.74 Å². The van der Waals surface area contributed by atoms with Crippen molar-refractivity contribution in [2.24, 2.45) is 0 Å². The van der Waals surface area contributed by atoms with Gasteiger partial charge in [0, 0.05) is 6.08 Å². The van der Waals surface area contributed by atoms with Gasteiger partial charge in [-0.2, -0.15) is 0 Å². The summed E-state index contributed by atoms with van der Waals surface area (Å²) in [4.78, 5) is 0. The minimum Gasteiger partial charge on any atom is -0.516 e. The molecule has 3 heteroatoms. The van der Waals surface area contributed by atoms with Crippen LogP contribution >= 0.6 is 0 Å². The summed E-state index contributed by atoms with van der Waals surface area (Å²) >= 11 is 0. The lowest BCUT2D eigenvalue weighted by Gasteiger charge is -1.95. The van der Waals surface area contributed by atoms with Gasteiger partial charge in [0.25, 0.3) is 0 Å². The molecule has 0 heterocycles. The van der Waals surface area contributed by atoms with Crippen molar-refractivity contribution in [3.05, 3.63) is 36.5 Å². The molecule has 0 aromatic heterocycles. The number of hydrogen-bond acceptors (Lipinski definition) is 3. The molecule has 0 amide bonds. The summed E-state index contributed by atoms with van der Waals surface area (Å²) in [5.41, 5.74) is 0. The fourth-order valence-electron chi connectivity index (χ4n) is 0.403. The van der Waals surface area contributed by atoms with E-state index < -0.39 is 0 Å². The van der Waals surface area contributed by atoms with Crippen LogP contribution in [0.3, 0.4) is 0 Å². The van der Waals surface area contributed by atoms with E-state index in [0.717, 1.165) is 12.5 Å². The predicted molar refractivity (Wildman–Crippen MR) is 38.6 cm³/mol. The third-order valence-electron chi connectivity index (χ3n) is 0.821. The molecular weight excluding hydrogens is 132 g/mol. The van der Waals surface area contributed by atoms with E-state index in [1.165, 1.54) is 25.3 Å². The molecule has 0 bridgehead atoms. The molecule has 0 spiro atoms. The normalized spacial score (nSPS) is 13.1. The first kappa shape index (κ1) is 8.62. The average Bonchev–Trinajstić information content (AvgIpc) is 1.98. The Bertz CT molecular complexity index is 156. The van der Waals surface area contributed by atoms with Gasteiger partial charge in [0.1, 0.15) is 5.76 Å². The van der Waals surface area contributed by atoms with E-state index in [-0.39, 0.29) is 0 Å². The fourth-order valence-corrected chi connectivity index (χ4v) is 0.403. The predicted octanol–water partition coefficient (Wildman–Crippen LogP) is 1.66. The molecule has 0 unspecified atom stereocenters. The molecule has 56 valence electrons. The minimum atomic E-state index is 0.466. The maximum atomic E-state index is 8.28. The van der Waals surface area contributed by atoms with E-state index in [1.54, 1.807) is 0 Å². The molecular formula is C7H10O3. The number of allylic oxidation sites excluding steroid dienone is 3. The first-order valence-corrected chi connectivity index (χ1v) is 2.71. The van der Waals surface area contributed by atoms with Crippen LogP contribution in [0.4, 0.5) is 0 Å². The highest BCUT2D eigenvalue weighted by atomic mass is 16.5. The Morgan fingerprint density at radius 1 is 1.30 bits per heavy atom. The standard InChI is InChI=1S/C7H10O3/c1-10-7(4-6-9)3-2-5-8/h2-6,8-9H,1H3/b5-2+,6-4+,7-3+. The number of aliphatic hydroxyl groups is 2. The quantitative estimate of drug-likeness (QED) is 0.465. The molecule has 0 fully saturated rings. The number of ether oxygens (including phenoxy) is 1. The van der Waals surface area contributed by atoms with E-state index in [9.17, 15) is 0 Å². The second kappa shape index (κ2) is 5.75. The number of aliphatic hydroxyl groups excluding tert-OH is 2. The lowest BCUT2D eigenvalue weighted by atomic mass is 10.4. The molecule has 0 aliphatic carbocycles. The topological polar surface area (TPSA) is 49.7 Å². The lowest BCUT2D eigenvalue weighted by Crippen LogP contribution is -1.79. The molecule has 0 rings (SSSR count). The smallest absolute Gasteiger partial charge is 0.122 e. The van der Waals surface area contributed by atoms with Gasteiger partial charge in [-0.1, -0.05) is 0 Å². The third kappa shape index (κ3) is 3.60. The first-order valence-electron chi connectivity index (χ1n) is 2.71. The van der Waals surface area contributed by atoms with Crippen molar-refractivity contribution in [1.82, 2.24) is 0 Å². The molecule has 0 saturated carbocycles. The van der Waals surface area contributed by atoms with Gasteiger partial charge in [0.05, 0.1) is 19.6 Å². The number of methoxy groups -OCH3 is 1. The van der Waals surface area contributed by atoms with Crippen molar-refractivity contribution in [3.63, 3.8) is 0 Å². The van der Waals surface area contributed by atoms with Crippen LogP contribution in [0.25, 0.3) is 0 Å². The average molecular weight is 142 g/mol. The Hall–Kier alpha value is -1.38. The molecule has 0 aromatic rings. The highest BCUT2D eigenvalue weighted by Gasteiger charge is 1.83. The lowest BCUT2D eigenvalue weighted by molar-refractivity contribution is 0.304. The van der Waals surface area contributed by atoms with Crippen LogP contribution in [0, 0.1) is 0 Å². The van der Waals surface area contributed by atoms with Gasteiger partial charge in [0.2, 0.25) is 0 Å². The van der Waals surface area contributed by atoms with Gasteiger partial charge in [0.15, 0.2) is 0 Å². The molecule has 0 atom stereocenters. The minimum absolute atomic E-state index is 0.466. The van der Waals surface area contributed by atoms with Crippen LogP contribution in [0.15, 0.2) is 36.5 Å². The third-order valence-corrected chi connectivity index (χ3v) is 0.821. The second-order valence-corrected chi connectivity index (χ2v) is 1.43. The highest BCUT2D eigenvalue weighted by Crippen LogP contribution is 1.96. The zero-order valence-electron chi connectivity index (χ0n) is 5.69. The monoisotopic (exact) mass is 142 g/mol. The Morgan fingerprint density at radius 3 is 2.40 bits per heavy atom. The van der Waals surface area contributed by atoms with E-state index >= 15 is 0 Å². The van der Waals surface area contributed by atoms with Crippen molar-refractivity contribution in [3.8, 4) is 0 Å². The van der Waals surface area contributed by atoms with Crippen molar-refractivity contribution < 1.29 is 14.9 Å². The van der Waals surface area contributed by atoms with E-state index in [1.807, 2.05) is 0 Å². The summed E-state index contributed by atoms with van der Waals surface area (Å²) in [5, 5.41) is 16.5. The van der Waals surface area contributed by atoms with Crippen LogP contribution in [0.2, 0.25) is 0 Å². The Kier molecular flexibility index (Phi) is 4.96. The van der Waals surface area contributed by atoms with Crippen LogP contribution in [0.1, 0.15) is 0 Å². The molecule has 2 N–H and O–H groups in total. The second-order valence-electron chi connectivity index (χ2n) is 1.43. The van der Waals surface area contributed by atoms with Gasteiger partial charge in [-0.15, -0.1) is 0 Å². The van der Waals surface area contributed by atoms with E-state index in [2.05, 4.69) is 0 Å². The summed E-state index contributed by atoms with van der Waals surface area (Å²) in [6.45, 7) is 0. The van der Waals surface area contributed by atoms with Crippen molar-refractivity contribution in [2.75, 3.05) is 7.11 Å². The van der Waals surface area contributed by atoms with Gasteiger partial charge in [-0.05, 0) is 12.2 Å². The molecule has 0 radical (unpaired) electrons. The summed E-state index contributed by atoms with van der Waals surface area (Å²) in [5.74, 6) is 0.466. The molecule has 0 aliphatic rings. The maximum Gasteiger partial charge on any atom is 0.122 e. The highest BCUT2D eigenvalue weighted by molar-refractivity contribution is 5.15. The Morgan fingerprint density at radius 2 is 2.00 bits per heavy atom. The zero-order chi connectivity index (χ0) is 7.82. The van der Waals surface area contributed by atoms with Crippen LogP contribution in [0.5, 0.6) is 0 Å². The molecule has 0 aliphatic heterocycles. The molecule has 10 heavy (non-hydrogen) atoms. The van der Waals surface area contributed by atoms with Crippen LogP contribution < -0.4 is 0 Å². The molecule has 3 nitrogen and oxygen atoms in total. The van der Waals surface area contributed by atoms with Crippen LogP contribution in [-0.4, -0.2) is 17.3 Å². The van der Waals surface area contributed by atoms with Crippen molar-refractivity contribution in [1.29, 1.82) is 0 Å². The van der Waals surface area contributed by atoms with E-state index in [4.69, 9.17) is 14.9 Å².